The molecule has 3 rings (SSSR count). The topological polar surface area (TPSA) is 73.8 Å². The second-order valence-electron chi connectivity index (χ2n) is 4.28. The highest BCUT2D eigenvalue weighted by atomic mass is 16.5. The van der Waals surface area contributed by atoms with Crippen LogP contribution in [0.5, 0.6) is 0 Å². The second kappa shape index (κ2) is 5.48. The van der Waals surface area contributed by atoms with Crippen LogP contribution in [0.3, 0.4) is 0 Å². The van der Waals surface area contributed by atoms with Gasteiger partial charge in [0.25, 0.3) is 0 Å². The summed E-state index contributed by atoms with van der Waals surface area (Å²) >= 11 is 0. The zero-order valence-corrected chi connectivity index (χ0v) is 10.6. The van der Waals surface area contributed by atoms with Gasteiger partial charge in [0.05, 0.1) is 18.1 Å². The molecule has 0 bridgehead atoms. The Balaban J connectivity index is 1.87. The summed E-state index contributed by atoms with van der Waals surface area (Å²) in [4.78, 5) is 19.5. The summed E-state index contributed by atoms with van der Waals surface area (Å²) < 4.78 is 6.13. The van der Waals surface area contributed by atoms with Gasteiger partial charge in [0.2, 0.25) is 0 Å². The van der Waals surface area contributed by atoms with Gasteiger partial charge >= 0.3 is 5.76 Å². The largest absolute Gasteiger partial charge is 0.446 e. The summed E-state index contributed by atoms with van der Waals surface area (Å²) in [6.07, 6.45) is 5.89. The lowest BCUT2D eigenvalue weighted by molar-refractivity contribution is 0.378. The molecule has 3 aromatic rings. The minimum Gasteiger partial charge on any atom is -0.296 e. The van der Waals surface area contributed by atoms with Gasteiger partial charge in [-0.25, -0.2) is 19.3 Å². The van der Waals surface area contributed by atoms with Gasteiger partial charge in [-0.15, -0.1) is 0 Å². The Bertz CT molecular complexity index is 735. The first kappa shape index (κ1) is 12.3. The van der Waals surface area contributed by atoms with E-state index in [9.17, 15) is 4.79 Å². The highest BCUT2D eigenvalue weighted by molar-refractivity contribution is 5.25. The molecule has 0 aliphatic carbocycles. The summed E-state index contributed by atoms with van der Waals surface area (Å²) in [5, 5.41) is 3.83. The van der Waals surface area contributed by atoms with E-state index in [4.69, 9.17) is 4.52 Å². The second-order valence-corrected chi connectivity index (χ2v) is 4.28. The van der Waals surface area contributed by atoms with E-state index < -0.39 is 5.76 Å². The van der Waals surface area contributed by atoms with Crippen LogP contribution in [0.4, 0.5) is 0 Å². The molecule has 0 saturated heterocycles. The third-order valence-electron chi connectivity index (χ3n) is 2.96. The number of benzene rings is 1. The smallest absolute Gasteiger partial charge is 0.296 e. The van der Waals surface area contributed by atoms with Gasteiger partial charge < -0.3 is 0 Å². The molecule has 20 heavy (non-hydrogen) atoms. The van der Waals surface area contributed by atoms with E-state index in [-0.39, 0.29) is 0 Å². The van der Waals surface area contributed by atoms with Crippen molar-refractivity contribution in [2.24, 2.45) is 0 Å². The minimum atomic E-state index is -0.525. The van der Waals surface area contributed by atoms with Crippen molar-refractivity contribution in [2.75, 3.05) is 0 Å². The van der Waals surface area contributed by atoms with Crippen molar-refractivity contribution >= 4 is 0 Å². The standard InChI is InChI=1S/C14H12N4O2/c19-14-18(12-8-15-10-16-9-12)13(17-20-14)7-6-11-4-2-1-3-5-11/h1-5,8-10H,6-7H2. The van der Waals surface area contributed by atoms with E-state index >= 15 is 0 Å². The van der Waals surface area contributed by atoms with Crippen LogP contribution in [0.25, 0.3) is 5.69 Å². The predicted molar refractivity (Wildman–Crippen MR) is 71.5 cm³/mol. The lowest BCUT2D eigenvalue weighted by Crippen LogP contribution is -2.15. The fourth-order valence-corrected chi connectivity index (χ4v) is 2.00. The fourth-order valence-electron chi connectivity index (χ4n) is 2.00. The molecule has 0 spiro atoms. The molecular formula is C14H12N4O2. The normalized spacial score (nSPS) is 10.6. The van der Waals surface area contributed by atoms with E-state index in [1.165, 1.54) is 16.5 Å². The molecular weight excluding hydrogens is 256 g/mol. The summed E-state index contributed by atoms with van der Waals surface area (Å²) in [7, 11) is 0. The molecule has 0 saturated carbocycles. The molecule has 0 unspecified atom stereocenters. The summed E-state index contributed by atoms with van der Waals surface area (Å²) in [6, 6.07) is 10.0. The van der Waals surface area contributed by atoms with Gasteiger partial charge in [-0.05, 0) is 12.0 Å². The fraction of sp³-hybridized carbons (Fsp3) is 0.143. The van der Waals surface area contributed by atoms with Crippen LogP contribution in [0.15, 0.2) is 58.4 Å². The van der Waals surface area contributed by atoms with Gasteiger partial charge in [0, 0.05) is 6.42 Å². The number of hydrogen-bond donors (Lipinski definition) is 0. The minimum absolute atomic E-state index is 0.525. The number of aryl methyl sites for hydroxylation is 2. The van der Waals surface area contributed by atoms with E-state index in [2.05, 4.69) is 15.1 Å². The zero-order chi connectivity index (χ0) is 13.8. The van der Waals surface area contributed by atoms with Gasteiger partial charge in [-0.3, -0.25) is 4.52 Å². The third-order valence-corrected chi connectivity index (χ3v) is 2.96. The molecule has 2 aromatic heterocycles. The van der Waals surface area contributed by atoms with E-state index in [1.54, 1.807) is 12.4 Å². The SMILES string of the molecule is O=c1onc(CCc2ccccc2)n1-c1cncnc1. The first-order valence-electron chi connectivity index (χ1n) is 6.21. The average Bonchev–Trinajstić information content (AvgIpc) is 2.88. The van der Waals surface area contributed by atoms with Crippen LogP contribution in [-0.2, 0) is 12.8 Å². The van der Waals surface area contributed by atoms with E-state index in [1.807, 2.05) is 30.3 Å². The molecule has 6 heteroatoms. The maximum Gasteiger partial charge on any atom is 0.446 e. The van der Waals surface area contributed by atoms with Crippen molar-refractivity contribution in [3.63, 3.8) is 0 Å². The molecule has 0 aliphatic rings. The van der Waals surface area contributed by atoms with Crippen LogP contribution in [0.2, 0.25) is 0 Å². The molecule has 2 heterocycles. The maximum absolute atomic E-state index is 11.7. The van der Waals surface area contributed by atoms with Crippen molar-refractivity contribution in [3.8, 4) is 5.69 Å². The average molecular weight is 268 g/mol. The Kier molecular flexibility index (Phi) is 3.36. The van der Waals surface area contributed by atoms with Gasteiger partial charge in [0.1, 0.15) is 6.33 Å². The zero-order valence-electron chi connectivity index (χ0n) is 10.6. The van der Waals surface area contributed by atoms with Crippen molar-refractivity contribution < 1.29 is 4.52 Å². The van der Waals surface area contributed by atoms with Gasteiger partial charge in [-0.2, -0.15) is 0 Å². The van der Waals surface area contributed by atoms with Crippen LogP contribution >= 0.6 is 0 Å². The van der Waals surface area contributed by atoms with Gasteiger partial charge in [-0.1, -0.05) is 35.5 Å². The van der Waals surface area contributed by atoms with E-state index in [0.29, 0.717) is 17.9 Å². The Morgan fingerprint density at radius 3 is 2.55 bits per heavy atom. The molecule has 0 radical (unpaired) electrons. The lowest BCUT2D eigenvalue weighted by Gasteiger charge is -2.03. The molecule has 6 nitrogen and oxygen atoms in total. The molecule has 0 amide bonds. The summed E-state index contributed by atoms with van der Waals surface area (Å²) in [5.74, 6) is 0.0384. The van der Waals surface area contributed by atoms with Crippen LogP contribution in [0, 0.1) is 0 Å². The molecule has 100 valence electrons. The van der Waals surface area contributed by atoms with Crippen LogP contribution in [0.1, 0.15) is 11.4 Å². The van der Waals surface area contributed by atoms with Crippen molar-refractivity contribution in [2.45, 2.75) is 12.8 Å². The molecule has 0 N–H and O–H groups in total. The number of nitrogens with zero attached hydrogens (tertiary/aromatic N) is 4. The Morgan fingerprint density at radius 1 is 1.05 bits per heavy atom. The van der Waals surface area contributed by atoms with Crippen molar-refractivity contribution in [3.05, 3.63) is 71.0 Å². The molecule has 0 atom stereocenters. The Labute approximate surface area is 114 Å². The number of aromatic nitrogens is 4. The highest BCUT2D eigenvalue weighted by Gasteiger charge is 2.12. The van der Waals surface area contributed by atoms with Crippen molar-refractivity contribution in [1.29, 1.82) is 0 Å². The molecule has 0 fully saturated rings. The third kappa shape index (κ3) is 2.49. The molecule has 0 aliphatic heterocycles. The monoisotopic (exact) mass is 268 g/mol. The quantitative estimate of drug-likeness (QED) is 0.715. The lowest BCUT2D eigenvalue weighted by atomic mass is 10.1. The Hall–Kier alpha value is -2.76. The summed E-state index contributed by atoms with van der Waals surface area (Å²) in [5.41, 5.74) is 1.74. The maximum atomic E-state index is 11.7. The van der Waals surface area contributed by atoms with Crippen molar-refractivity contribution in [1.82, 2.24) is 19.7 Å². The number of hydrogen-bond acceptors (Lipinski definition) is 5. The predicted octanol–water partition coefficient (Wildman–Crippen LogP) is 1.40. The highest BCUT2D eigenvalue weighted by Crippen LogP contribution is 2.08. The first-order valence-corrected chi connectivity index (χ1v) is 6.21. The molecule has 1 aromatic carbocycles. The van der Waals surface area contributed by atoms with Crippen LogP contribution in [-0.4, -0.2) is 19.7 Å². The van der Waals surface area contributed by atoms with Crippen LogP contribution < -0.4 is 5.76 Å². The first-order chi connectivity index (χ1) is 9.84. The summed E-state index contributed by atoms with van der Waals surface area (Å²) in [6.45, 7) is 0. The Morgan fingerprint density at radius 2 is 1.80 bits per heavy atom. The van der Waals surface area contributed by atoms with E-state index in [0.717, 1.165) is 6.42 Å². The van der Waals surface area contributed by atoms with Gasteiger partial charge in [0.15, 0.2) is 5.82 Å². The number of rotatable bonds is 4.